The highest BCUT2D eigenvalue weighted by Crippen LogP contribution is 2.13. The van der Waals surface area contributed by atoms with E-state index >= 15 is 0 Å². The summed E-state index contributed by atoms with van der Waals surface area (Å²) in [6.07, 6.45) is 0. The van der Waals surface area contributed by atoms with E-state index in [0.29, 0.717) is 18.7 Å². The van der Waals surface area contributed by atoms with E-state index in [2.05, 4.69) is 10.5 Å². The smallest absolute Gasteiger partial charge is 0.338 e. The molecule has 106 valence electrons. The van der Waals surface area contributed by atoms with Crippen LogP contribution in [0.15, 0.2) is 22.7 Å². The molecule has 0 unspecified atom stereocenters. The zero-order valence-corrected chi connectivity index (χ0v) is 11.2. The third kappa shape index (κ3) is 3.03. The lowest BCUT2D eigenvalue weighted by Gasteiger charge is -2.06. The van der Waals surface area contributed by atoms with Crippen molar-refractivity contribution in [2.24, 2.45) is 0 Å². The number of benzene rings is 1. The molecule has 0 radical (unpaired) electrons. The molecule has 0 aliphatic rings. The van der Waals surface area contributed by atoms with Crippen molar-refractivity contribution in [3.8, 4) is 0 Å². The summed E-state index contributed by atoms with van der Waals surface area (Å²) in [4.78, 5) is 10.7. The number of aryl methyl sites for hydroxylation is 2. The van der Waals surface area contributed by atoms with E-state index in [1.165, 1.54) is 12.1 Å². The number of hydrogen-bond acceptors (Lipinski definition) is 4. The Kier molecular flexibility index (Phi) is 4.14. The van der Waals surface area contributed by atoms with Crippen molar-refractivity contribution in [2.45, 2.75) is 26.9 Å². The van der Waals surface area contributed by atoms with Gasteiger partial charge in [-0.3, -0.25) is 0 Å². The van der Waals surface area contributed by atoms with Crippen LogP contribution in [0.5, 0.6) is 0 Å². The number of carbonyl (C=O) groups is 1. The van der Waals surface area contributed by atoms with Gasteiger partial charge in [0.05, 0.1) is 11.3 Å². The van der Waals surface area contributed by atoms with Crippen LogP contribution in [0.2, 0.25) is 0 Å². The summed E-state index contributed by atoms with van der Waals surface area (Å²) < 4.78 is 18.5. The van der Waals surface area contributed by atoms with Gasteiger partial charge in [-0.05, 0) is 31.5 Å². The molecule has 0 fully saturated rings. The summed E-state index contributed by atoms with van der Waals surface area (Å²) in [6.45, 7) is 4.68. The molecule has 0 aliphatic carbocycles. The Morgan fingerprint density at radius 1 is 1.40 bits per heavy atom. The molecule has 5 nitrogen and oxygen atoms in total. The van der Waals surface area contributed by atoms with Crippen LogP contribution >= 0.6 is 0 Å². The van der Waals surface area contributed by atoms with E-state index < -0.39 is 11.8 Å². The monoisotopic (exact) mass is 278 g/mol. The first-order valence-corrected chi connectivity index (χ1v) is 6.13. The highest BCUT2D eigenvalue weighted by atomic mass is 19.1. The molecule has 1 aromatic carbocycles. The minimum absolute atomic E-state index is 0.320. The second kappa shape index (κ2) is 5.83. The Morgan fingerprint density at radius 3 is 2.70 bits per heavy atom. The molecule has 0 bridgehead atoms. The van der Waals surface area contributed by atoms with Crippen molar-refractivity contribution in [3.05, 3.63) is 52.2 Å². The molecule has 2 rings (SSSR count). The van der Waals surface area contributed by atoms with Gasteiger partial charge in [0.2, 0.25) is 0 Å². The Bertz CT molecular complexity index is 618. The maximum absolute atomic E-state index is 13.5. The van der Waals surface area contributed by atoms with E-state index in [-0.39, 0.29) is 5.56 Å². The summed E-state index contributed by atoms with van der Waals surface area (Å²) in [6, 6.07) is 4.08. The summed E-state index contributed by atoms with van der Waals surface area (Å²) in [7, 11) is 0. The maximum atomic E-state index is 13.5. The van der Waals surface area contributed by atoms with Gasteiger partial charge in [0.15, 0.2) is 0 Å². The average molecular weight is 278 g/mol. The summed E-state index contributed by atoms with van der Waals surface area (Å²) in [5.74, 6) is -1.24. The molecule has 2 N–H and O–H groups in total. The quantitative estimate of drug-likeness (QED) is 0.878. The van der Waals surface area contributed by atoms with Crippen LogP contribution in [-0.2, 0) is 13.1 Å². The van der Waals surface area contributed by atoms with E-state index in [9.17, 15) is 9.18 Å². The number of nitrogens with one attached hydrogen (secondary N) is 1. The molecule has 1 heterocycles. The Morgan fingerprint density at radius 2 is 2.15 bits per heavy atom. The molecule has 0 saturated carbocycles. The summed E-state index contributed by atoms with van der Waals surface area (Å²) >= 11 is 0. The van der Waals surface area contributed by atoms with Gasteiger partial charge in [0.1, 0.15) is 11.6 Å². The summed E-state index contributed by atoms with van der Waals surface area (Å²) in [5, 5.41) is 15.7. The molecule has 2 aromatic rings. The number of nitrogens with zero attached hydrogens (tertiary/aromatic N) is 1. The number of carboxylic acids is 1. The van der Waals surface area contributed by atoms with Crippen LogP contribution in [0.1, 0.15) is 32.9 Å². The fourth-order valence-electron chi connectivity index (χ4n) is 1.93. The van der Waals surface area contributed by atoms with Crippen molar-refractivity contribution in [3.63, 3.8) is 0 Å². The Hall–Kier alpha value is -2.21. The van der Waals surface area contributed by atoms with Crippen LogP contribution in [-0.4, -0.2) is 16.2 Å². The van der Waals surface area contributed by atoms with Crippen LogP contribution < -0.4 is 5.32 Å². The van der Waals surface area contributed by atoms with Crippen LogP contribution in [0.4, 0.5) is 4.39 Å². The topological polar surface area (TPSA) is 75.4 Å². The fourth-order valence-corrected chi connectivity index (χ4v) is 1.93. The van der Waals surface area contributed by atoms with Gasteiger partial charge in [-0.25, -0.2) is 9.18 Å². The summed E-state index contributed by atoms with van der Waals surface area (Å²) in [5.41, 5.74) is 2.16. The average Bonchev–Trinajstić information content (AvgIpc) is 2.70. The van der Waals surface area contributed by atoms with Crippen molar-refractivity contribution in [2.75, 3.05) is 0 Å². The number of carboxylic acid groups (broad SMARTS) is 1. The first-order valence-electron chi connectivity index (χ1n) is 6.13. The predicted octanol–water partition coefficient (Wildman–Crippen LogP) is 2.42. The van der Waals surface area contributed by atoms with Crippen molar-refractivity contribution in [1.29, 1.82) is 0 Å². The van der Waals surface area contributed by atoms with Gasteiger partial charge in [0, 0.05) is 18.7 Å². The lowest BCUT2D eigenvalue weighted by Crippen LogP contribution is -2.14. The second-order valence-electron chi connectivity index (χ2n) is 4.53. The molecule has 0 atom stereocenters. The molecule has 0 amide bonds. The lowest BCUT2D eigenvalue weighted by molar-refractivity contribution is 0.0692. The molecule has 6 heteroatoms. The Labute approximate surface area is 115 Å². The third-order valence-electron chi connectivity index (χ3n) is 3.08. The third-order valence-corrected chi connectivity index (χ3v) is 3.08. The van der Waals surface area contributed by atoms with Gasteiger partial charge in [-0.2, -0.15) is 0 Å². The molecular formula is C14H15FN2O3. The normalized spacial score (nSPS) is 10.8. The van der Waals surface area contributed by atoms with E-state index in [4.69, 9.17) is 9.63 Å². The van der Waals surface area contributed by atoms with Gasteiger partial charge in [-0.15, -0.1) is 0 Å². The van der Waals surface area contributed by atoms with Gasteiger partial charge in [-0.1, -0.05) is 11.2 Å². The van der Waals surface area contributed by atoms with Crippen LogP contribution in [0.25, 0.3) is 0 Å². The highest BCUT2D eigenvalue weighted by molar-refractivity contribution is 5.87. The highest BCUT2D eigenvalue weighted by Gasteiger charge is 2.11. The maximum Gasteiger partial charge on any atom is 0.338 e. The SMILES string of the molecule is Cc1noc(C)c1CNCc1ccc(C(=O)O)c(F)c1. The molecule has 1 aromatic heterocycles. The number of hydrogen-bond donors (Lipinski definition) is 2. The standard InChI is InChI=1S/C14H15FN2O3/c1-8-12(9(2)20-17-8)7-16-6-10-3-4-11(14(18)19)13(15)5-10/h3-5,16H,6-7H2,1-2H3,(H,18,19). The van der Waals surface area contributed by atoms with E-state index in [0.717, 1.165) is 17.0 Å². The van der Waals surface area contributed by atoms with Gasteiger partial charge >= 0.3 is 5.97 Å². The molecule has 0 spiro atoms. The second-order valence-corrected chi connectivity index (χ2v) is 4.53. The molecule has 0 aliphatic heterocycles. The van der Waals surface area contributed by atoms with E-state index in [1.807, 2.05) is 13.8 Å². The molecule has 0 saturated heterocycles. The van der Waals surface area contributed by atoms with E-state index in [1.54, 1.807) is 6.07 Å². The van der Waals surface area contributed by atoms with Crippen LogP contribution in [0.3, 0.4) is 0 Å². The lowest BCUT2D eigenvalue weighted by atomic mass is 10.1. The predicted molar refractivity (Wildman–Crippen MR) is 69.9 cm³/mol. The zero-order chi connectivity index (χ0) is 14.7. The first-order chi connectivity index (χ1) is 9.49. The van der Waals surface area contributed by atoms with Crippen molar-refractivity contribution >= 4 is 5.97 Å². The fraction of sp³-hybridized carbons (Fsp3) is 0.286. The van der Waals surface area contributed by atoms with Crippen molar-refractivity contribution in [1.82, 2.24) is 10.5 Å². The number of halogens is 1. The first kappa shape index (κ1) is 14.2. The largest absolute Gasteiger partial charge is 0.478 e. The van der Waals surface area contributed by atoms with Gasteiger partial charge in [0.25, 0.3) is 0 Å². The minimum atomic E-state index is -1.27. The number of aromatic nitrogens is 1. The zero-order valence-electron chi connectivity index (χ0n) is 11.2. The molecular weight excluding hydrogens is 263 g/mol. The molecule has 20 heavy (non-hydrogen) atoms. The van der Waals surface area contributed by atoms with Crippen LogP contribution in [0, 0.1) is 19.7 Å². The number of aromatic carboxylic acids is 1. The van der Waals surface area contributed by atoms with Crippen molar-refractivity contribution < 1.29 is 18.8 Å². The Balaban J connectivity index is 1.98. The number of rotatable bonds is 5. The minimum Gasteiger partial charge on any atom is -0.478 e. The van der Waals surface area contributed by atoms with Gasteiger partial charge < -0.3 is 14.9 Å².